The van der Waals surface area contributed by atoms with Crippen LogP contribution in [0.4, 0.5) is 0 Å². The quantitative estimate of drug-likeness (QED) is 0.700. The third-order valence-corrected chi connectivity index (χ3v) is 4.80. The monoisotopic (exact) mass is 322 g/mol. The van der Waals surface area contributed by atoms with Gasteiger partial charge in [-0.3, -0.25) is 0 Å². The van der Waals surface area contributed by atoms with Gasteiger partial charge in [0.15, 0.2) is 35.7 Å². The fraction of sp³-hybridized carbons (Fsp3) is 0.211. The Hall–Kier alpha value is -2.95. The Balaban J connectivity index is 1.77. The van der Waals surface area contributed by atoms with Gasteiger partial charge in [-0.2, -0.15) is 4.57 Å². The molecule has 120 valence electrons. The van der Waals surface area contributed by atoms with Crippen LogP contribution < -0.4 is 18.8 Å². The summed E-state index contributed by atoms with van der Waals surface area (Å²) in [6.07, 6.45) is 2.98. The fourth-order valence-corrected chi connectivity index (χ4v) is 3.62. The molecule has 5 heteroatoms. The van der Waals surface area contributed by atoms with E-state index in [1.165, 1.54) is 11.1 Å². The van der Waals surface area contributed by atoms with E-state index >= 15 is 0 Å². The van der Waals surface area contributed by atoms with Gasteiger partial charge in [0.2, 0.25) is 12.5 Å². The molecular weight excluding hydrogens is 306 g/mol. The van der Waals surface area contributed by atoms with Crippen molar-refractivity contribution in [1.29, 1.82) is 0 Å². The molecule has 3 aromatic rings. The number of phenols is 1. The number of hydrogen-bond acceptors (Lipinski definition) is 4. The number of aromatic hydroxyl groups is 1. The average molecular weight is 322 g/mol. The molecule has 0 aliphatic carbocycles. The summed E-state index contributed by atoms with van der Waals surface area (Å²) in [5, 5.41) is 11.9. The minimum Gasteiger partial charge on any atom is -0.504 e. The lowest BCUT2D eigenvalue weighted by Crippen LogP contribution is -2.40. The fourth-order valence-electron chi connectivity index (χ4n) is 3.62. The molecule has 0 unspecified atom stereocenters. The Labute approximate surface area is 138 Å². The van der Waals surface area contributed by atoms with Crippen LogP contribution >= 0.6 is 0 Å². The van der Waals surface area contributed by atoms with Gasteiger partial charge in [0, 0.05) is 12.5 Å². The van der Waals surface area contributed by atoms with Gasteiger partial charge >= 0.3 is 0 Å². The summed E-state index contributed by atoms with van der Waals surface area (Å²) in [6, 6.07) is 9.86. The average Bonchev–Trinajstić information content (AvgIpc) is 3.05. The van der Waals surface area contributed by atoms with Crippen molar-refractivity contribution in [2.24, 2.45) is 0 Å². The lowest BCUT2D eigenvalue weighted by Gasteiger charge is -2.17. The van der Waals surface area contributed by atoms with Gasteiger partial charge in [-0.1, -0.05) is 0 Å². The summed E-state index contributed by atoms with van der Waals surface area (Å²) >= 11 is 0. The van der Waals surface area contributed by atoms with Crippen LogP contribution in [0.15, 0.2) is 36.5 Å². The van der Waals surface area contributed by atoms with Crippen molar-refractivity contribution in [1.82, 2.24) is 0 Å². The standard InChI is InChI=1S/C19H15NO4/c1-22-19-14-9-20-5-4-12-7-17-18(24-10-23-17)8-13(12)15(20)6-11(14)2-3-16(19)21/h2-3,6-9H,4-5,10H2,1H3/p+1. The molecule has 0 atom stereocenters. The van der Waals surface area contributed by atoms with Crippen molar-refractivity contribution in [2.75, 3.05) is 13.9 Å². The lowest BCUT2D eigenvalue weighted by atomic mass is 9.95. The second kappa shape index (κ2) is 4.77. The molecule has 0 radical (unpaired) electrons. The Bertz CT molecular complexity index is 997. The third-order valence-electron chi connectivity index (χ3n) is 4.80. The Morgan fingerprint density at radius 1 is 1.12 bits per heavy atom. The summed E-state index contributed by atoms with van der Waals surface area (Å²) in [4.78, 5) is 0. The molecule has 2 aliphatic rings. The van der Waals surface area contributed by atoms with E-state index in [1.807, 2.05) is 6.07 Å². The first-order chi connectivity index (χ1) is 11.7. The molecule has 0 spiro atoms. The molecule has 0 fully saturated rings. The maximum absolute atomic E-state index is 10.0. The first-order valence-electron chi connectivity index (χ1n) is 7.90. The van der Waals surface area contributed by atoms with Crippen molar-refractivity contribution >= 4 is 10.8 Å². The molecule has 24 heavy (non-hydrogen) atoms. The number of rotatable bonds is 1. The van der Waals surface area contributed by atoms with Crippen molar-refractivity contribution in [3.8, 4) is 34.3 Å². The zero-order chi connectivity index (χ0) is 16.3. The van der Waals surface area contributed by atoms with Crippen LogP contribution in [0.25, 0.3) is 22.0 Å². The normalized spacial score (nSPS) is 14.4. The maximum Gasteiger partial charge on any atom is 0.231 e. The number of ether oxygens (including phenoxy) is 3. The first-order valence-corrected chi connectivity index (χ1v) is 7.90. The molecule has 0 saturated carbocycles. The SMILES string of the molecule is COc1c(O)ccc2cc3[n+](cc12)CCc1cc2c(cc1-3)OCO2. The molecule has 1 aromatic heterocycles. The molecule has 3 heterocycles. The van der Waals surface area contributed by atoms with Crippen molar-refractivity contribution < 1.29 is 23.9 Å². The van der Waals surface area contributed by atoms with E-state index < -0.39 is 0 Å². The highest BCUT2D eigenvalue weighted by molar-refractivity contribution is 5.91. The topological polar surface area (TPSA) is 51.8 Å². The molecule has 2 aliphatic heterocycles. The molecule has 0 amide bonds. The first kappa shape index (κ1) is 13.5. The summed E-state index contributed by atoms with van der Waals surface area (Å²) in [5.41, 5.74) is 3.57. The van der Waals surface area contributed by atoms with E-state index in [-0.39, 0.29) is 12.5 Å². The van der Waals surface area contributed by atoms with Crippen LogP contribution in [0.2, 0.25) is 0 Å². The Morgan fingerprint density at radius 3 is 2.79 bits per heavy atom. The van der Waals surface area contributed by atoms with E-state index in [2.05, 4.69) is 29.0 Å². The number of aryl methyl sites for hydroxylation is 2. The number of methoxy groups -OCH3 is 1. The Morgan fingerprint density at radius 2 is 1.96 bits per heavy atom. The highest BCUT2D eigenvalue weighted by Crippen LogP contribution is 2.41. The van der Waals surface area contributed by atoms with E-state index in [4.69, 9.17) is 14.2 Å². The molecule has 0 bridgehead atoms. The lowest BCUT2D eigenvalue weighted by molar-refractivity contribution is -0.686. The van der Waals surface area contributed by atoms with Gasteiger partial charge in [0.25, 0.3) is 0 Å². The predicted octanol–water partition coefficient (Wildman–Crippen LogP) is 2.79. The predicted molar refractivity (Wildman–Crippen MR) is 87.6 cm³/mol. The number of aromatic nitrogens is 1. The van der Waals surface area contributed by atoms with Gasteiger partial charge in [-0.25, -0.2) is 0 Å². The number of phenolic OH excluding ortho intramolecular Hbond substituents is 1. The van der Waals surface area contributed by atoms with Gasteiger partial charge in [0.05, 0.1) is 18.1 Å². The minimum atomic E-state index is 0.158. The smallest absolute Gasteiger partial charge is 0.231 e. The van der Waals surface area contributed by atoms with Gasteiger partial charge in [-0.15, -0.1) is 0 Å². The maximum atomic E-state index is 10.0. The van der Waals surface area contributed by atoms with E-state index in [9.17, 15) is 5.11 Å². The van der Waals surface area contributed by atoms with Crippen molar-refractivity contribution in [3.05, 3.63) is 42.1 Å². The molecule has 2 aromatic carbocycles. The summed E-state index contributed by atoms with van der Waals surface area (Å²) in [6.45, 7) is 1.16. The van der Waals surface area contributed by atoms with Crippen LogP contribution in [0, 0.1) is 0 Å². The highest BCUT2D eigenvalue weighted by Gasteiger charge is 2.28. The molecule has 1 N–H and O–H groups in total. The van der Waals surface area contributed by atoms with Gasteiger partial charge < -0.3 is 19.3 Å². The van der Waals surface area contributed by atoms with Crippen LogP contribution in [-0.4, -0.2) is 19.0 Å². The summed E-state index contributed by atoms with van der Waals surface area (Å²) < 4.78 is 18.6. The van der Waals surface area contributed by atoms with Crippen LogP contribution in [0.1, 0.15) is 5.56 Å². The zero-order valence-electron chi connectivity index (χ0n) is 13.2. The summed E-state index contributed by atoms with van der Waals surface area (Å²) in [7, 11) is 1.58. The van der Waals surface area contributed by atoms with Crippen molar-refractivity contribution in [2.45, 2.75) is 13.0 Å². The number of fused-ring (bicyclic) bond motifs is 5. The molecule has 5 rings (SSSR count). The second-order valence-corrected chi connectivity index (χ2v) is 6.09. The van der Waals surface area contributed by atoms with Crippen molar-refractivity contribution in [3.63, 3.8) is 0 Å². The van der Waals surface area contributed by atoms with Crippen LogP contribution in [0.5, 0.6) is 23.0 Å². The minimum absolute atomic E-state index is 0.158. The third kappa shape index (κ3) is 1.78. The van der Waals surface area contributed by atoms with E-state index in [0.717, 1.165) is 40.9 Å². The second-order valence-electron chi connectivity index (χ2n) is 6.09. The number of hydrogen-bond donors (Lipinski definition) is 1. The molecule has 0 saturated heterocycles. The molecular formula is C19H16NO4+. The van der Waals surface area contributed by atoms with Gasteiger partial charge in [-0.05, 0) is 35.2 Å². The number of nitrogens with zero attached hydrogens (tertiary/aromatic N) is 1. The van der Waals surface area contributed by atoms with Crippen LogP contribution in [0.3, 0.4) is 0 Å². The van der Waals surface area contributed by atoms with Gasteiger partial charge in [0.1, 0.15) is 0 Å². The number of pyridine rings is 1. The van der Waals surface area contributed by atoms with E-state index in [0.29, 0.717) is 5.75 Å². The Kier molecular flexibility index (Phi) is 2.68. The zero-order valence-corrected chi connectivity index (χ0v) is 13.2. The summed E-state index contributed by atoms with van der Waals surface area (Å²) in [5.74, 6) is 2.30. The van der Waals surface area contributed by atoms with Crippen LogP contribution in [-0.2, 0) is 13.0 Å². The molecule has 5 nitrogen and oxygen atoms in total. The highest BCUT2D eigenvalue weighted by atomic mass is 16.7. The van der Waals surface area contributed by atoms with E-state index in [1.54, 1.807) is 13.2 Å². The largest absolute Gasteiger partial charge is 0.504 e. The number of benzene rings is 2.